The van der Waals surface area contributed by atoms with E-state index in [2.05, 4.69) is 15.3 Å². The SMILES string of the molecule is Cc1nc(COC[C@@H]2CC[C@@H]3[C@@H](CCN3Cc3ccco3)O2)cs1. The maximum Gasteiger partial charge on any atom is 0.117 e. The quantitative estimate of drug-likeness (QED) is 0.801. The number of likely N-dealkylation sites (tertiary alicyclic amines) is 1. The molecule has 0 aliphatic carbocycles. The highest BCUT2D eigenvalue weighted by molar-refractivity contribution is 7.09. The predicted molar refractivity (Wildman–Crippen MR) is 91.9 cm³/mol. The molecule has 2 fully saturated rings. The number of thiazole rings is 1. The lowest BCUT2D eigenvalue weighted by atomic mass is 9.99. The van der Waals surface area contributed by atoms with Gasteiger partial charge in [0.25, 0.3) is 0 Å². The Bertz CT molecular complexity index is 642. The second-order valence-corrected chi connectivity index (χ2v) is 7.71. The molecule has 2 saturated heterocycles. The molecule has 24 heavy (non-hydrogen) atoms. The van der Waals surface area contributed by atoms with E-state index >= 15 is 0 Å². The average Bonchev–Trinajstić information content (AvgIpc) is 3.31. The molecule has 0 saturated carbocycles. The maximum atomic E-state index is 6.29. The van der Waals surface area contributed by atoms with Gasteiger partial charge in [0.2, 0.25) is 0 Å². The Labute approximate surface area is 146 Å². The zero-order chi connectivity index (χ0) is 16.4. The van der Waals surface area contributed by atoms with Crippen LogP contribution in [0.3, 0.4) is 0 Å². The summed E-state index contributed by atoms with van der Waals surface area (Å²) in [5.74, 6) is 1.04. The summed E-state index contributed by atoms with van der Waals surface area (Å²) in [7, 11) is 0. The van der Waals surface area contributed by atoms with Crippen LogP contribution in [0.1, 0.15) is 35.7 Å². The molecule has 0 amide bonds. The first kappa shape index (κ1) is 16.3. The van der Waals surface area contributed by atoms with Gasteiger partial charge in [-0.25, -0.2) is 4.98 Å². The second kappa shape index (κ2) is 7.35. The van der Waals surface area contributed by atoms with Crippen molar-refractivity contribution < 1.29 is 13.9 Å². The Kier molecular flexibility index (Phi) is 4.98. The van der Waals surface area contributed by atoms with Crippen molar-refractivity contribution in [3.8, 4) is 0 Å². The molecule has 3 atom stereocenters. The van der Waals surface area contributed by atoms with E-state index in [0.29, 0.717) is 25.4 Å². The summed E-state index contributed by atoms with van der Waals surface area (Å²) < 4.78 is 17.6. The average molecular weight is 348 g/mol. The summed E-state index contributed by atoms with van der Waals surface area (Å²) in [4.78, 5) is 6.93. The fourth-order valence-corrected chi connectivity index (χ4v) is 4.37. The molecule has 0 N–H and O–H groups in total. The van der Waals surface area contributed by atoms with Crippen LogP contribution in [0, 0.1) is 6.92 Å². The van der Waals surface area contributed by atoms with Crippen molar-refractivity contribution in [2.24, 2.45) is 0 Å². The highest BCUT2D eigenvalue weighted by atomic mass is 32.1. The smallest absolute Gasteiger partial charge is 0.117 e. The third-order valence-corrected chi connectivity index (χ3v) is 5.73. The van der Waals surface area contributed by atoms with Crippen molar-refractivity contribution in [2.45, 2.75) is 57.6 Å². The summed E-state index contributed by atoms with van der Waals surface area (Å²) in [6, 6.07) is 4.53. The number of hydrogen-bond donors (Lipinski definition) is 0. The molecule has 0 spiro atoms. The molecule has 4 rings (SSSR count). The first-order valence-corrected chi connectivity index (χ1v) is 9.56. The van der Waals surface area contributed by atoms with Crippen LogP contribution >= 0.6 is 11.3 Å². The monoisotopic (exact) mass is 348 g/mol. The zero-order valence-electron chi connectivity index (χ0n) is 14.0. The normalized spacial score (nSPS) is 27.5. The molecule has 0 radical (unpaired) electrons. The minimum atomic E-state index is 0.217. The van der Waals surface area contributed by atoms with E-state index < -0.39 is 0 Å². The summed E-state index contributed by atoms with van der Waals surface area (Å²) >= 11 is 1.67. The molecule has 5 nitrogen and oxygen atoms in total. The van der Waals surface area contributed by atoms with Crippen LogP contribution in [0.4, 0.5) is 0 Å². The number of aromatic nitrogens is 1. The first-order chi connectivity index (χ1) is 11.8. The first-order valence-electron chi connectivity index (χ1n) is 8.68. The van der Waals surface area contributed by atoms with Crippen molar-refractivity contribution >= 4 is 11.3 Å². The standard InChI is InChI=1S/C18H24N2O3S/c1-13-19-14(12-24-13)10-21-11-16-4-5-17-18(23-16)6-7-20(17)9-15-3-2-8-22-15/h2-3,8,12,16-18H,4-7,9-11H2,1H3/t16-,17+,18+/m0/s1. The van der Waals surface area contributed by atoms with E-state index in [1.54, 1.807) is 17.6 Å². The number of rotatable bonds is 6. The van der Waals surface area contributed by atoms with Gasteiger partial charge in [-0.05, 0) is 38.3 Å². The Morgan fingerprint density at radius 3 is 3.12 bits per heavy atom. The van der Waals surface area contributed by atoms with Crippen LogP contribution in [0.5, 0.6) is 0 Å². The van der Waals surface area contributed by atoms with Crippen molar-refractivity contribution in [3.63, 3.8) is 0 Å². The van der Waals surface area contributed by atoms with E-state index in [1.165, 1.54) is 6.42 Å². The van der Waals surface area contributed by atoms with E-state index in [-0.39, 0.29) is 6.10 Å². The zero-order valence-corrected chi connectivity index (χ0v) is 14.8. The fraction of sp³-hybridized carbons (Fsp3) is 0.611. The minimum absolute atomic E-state index is 0.217. The van der Waals surface area contributed by atoms with E-state index in [9.17, 15) is 0 Å². The molecular weight excluding hydrogens is 324 g/mol. The maximum absolute atomic E-state index is 6.29. The van der Waals surface area contributed by atoms with Gasteiger partial charge in [0.1, 0.15) is 5.76 Å². The third kappa shape index (κ3) is 3.72. The molecule has 4 heterocycles. The van der Waals surface area contributed by atoms with Gasteiger partial charge >= 0.3 is 0 Å². The van der Waals surface area contributed by atoms with Gasteiger partial charge < -0.3 is 13.9 Å². The van der Waals surface area contributed by atoms with E-state index in [0.717, 1.165) is 42.4 Å². The summed E-state index contributed by atoms with van der Waals surface area (Å²) in [6.45, 7) is 5.25. The van der Waals surface area contributed by atoms with Gasteiger partial charge in [0, 0.05) is 18.0 Å². The summed E-state index contributed by atoms with van der Waals surface area (Å²) in [6.07, 6.45) is 5.64. The van der Waals surface area contributed by atoms with Gasteiger partial charge in [-0.15, -0.1) is 11.3 Å². The number of nitrogens with zero attached hydrogens (tertiary/aromatic N) is 2. The van der Waals surface area contributed by atoms with Gasteiger partial charge in [-0.3, -0.25) is 4.90 Å². The number of ether oxygens (including phenoxy) is 2. The minimum Gasteiger partial charge on any atom is -0.468 e. The van der Waals surface area contributed by atoms with E-state index in [4.69, 9.17) is 13.9 Å². The van der Waals surface area contributed by atoms with Crippen LogP contribution in [0.2, 0.25) is 0 Å². The predicted octanol–water partition coefficient (Wildman–Crippen LogP) is 3.38. The number of fused-ring (bicyclic) bond motifs is 1. The van der Waals surface area contributed by atoms with Crippen molar-refractivity contribution in [1.82, 2.24) is 9.88 Å². The third-order valence-electron chi connectivity index (χ3n) is 4.91. The number of aryl methyl sites for hydroxylation is 1. The van der Waals surface area contributed by atoms with Crippen molar-refractivity contribution in [3.05, 3.63) is 40.2 Å². The molecule has 2 aromatic heterocycles. The van der Waals surface area contributed by atoms with Crippen LogP contribution < -0.4 is 0 Å². The summed E-state index contributed by atoms with van der Waals surface area (Å²) in [5.41, 5.74) is 1.02. The molecule has 0 bridgehead atoms. The van der Waals surface area contributed by atoms with Crippen LogP contribution in [-0.4, -0.2) is 41.3 Å². The van der Waals surface area contributed by atoms with Crippen LogP contribution in [0.15, 0.2) is 28.2 Å². The molecule has 0 unspecified atom stereocenters. The highest BCUT2D eigenvalue weighted by Gasteiger charge is 2.39. The van der Waals surface area contributed by atoms with E-state index in [1.807, 2.05) is 19.1 Å². The highest BCUT2D eigenvalue weighted by Crippen LogP contribution is 2.32. The van der Waals surface area contributed by atoms with Gasteiger partial charge in [0.05, 0.1) is 48.9 Å². The lowest BCUT2D eigenvalue weighted by Crippen LogP contribution is -2.43. The molecule has 2 aliphatic rings. The molecule has 2 aromatic rings. The van der Waals surface area contributed by atoms with Crippen LogP contribution in [0.25, 0.3) is 0 Å². The fourth-order valence-electron chi connectivity index (χ4n) is 3.78. The van der Waals surface area contributed by atoms with Crippen LogP contribution in [-0.2, 0) is 22.6 Å². The second-order valence-electron chi connectivity index (χ2n) is 6.65. The summed E-state index contributed by atoms with van der Waals surface area (Å²) in [5, 5.41) is 3.16. The molecular formula is C18H24N2O3S. The molecule has 6 heteroatoms. The molecule has 2 aliphatic heterocycles. The lowest BCUT2D eigenvalue weighted by molar-refractivity contribution is -0.103. The van der Waals surface area contributed by atoms with Crippen molar-refractivity contribution in [2.75, 3.05) is 13.2 Å². The number of hydrogen-bond acceptors (Lipinski definition) is 6. The van der Waals surface area contributed by atoms with Crippen molar-refractivity contribution in [1.29, 1.82) is 0 Å². The Morgan fingerprint density at radius 2 is 2.33 bits per heavy atom. The largest absolute Gasteiger partial charge is 0.468 e. The Balaban J connectivity index is 1.23. The van der Waals surface area contributed by atoms with Gasteiger partial charge in [-0.1, -0.05) is 0 Å². The lowest BCUT2D eigenvalue weighted by Gasteiger charge is -2.35. The Hall–Kier alpha value is -1.21. The van der Waals surface area contributed by atoms with Gasteiger partial charge in [0.15, 0.2) is 0 Å². The number of furan rings is 1. The molecule has 0 aromatic carbocycles. The molecule has 130 valence electrons. The van der Waals surface area contributed by atoms with Gasteiger partial charge in [-0.2, -0.15) is 0 Å². The topological polar surface area (TPSA) is 47.7 Å². The Morgan fingerprint density at radius 1 is 1.38 bits per heavy atom.